The smallest absolute Gasteiger partial charge is 0.229 e. The number of likely N-dealkylation sites (tertiary alicyclic amines) is 1. The maximum Gasteiger partial charge on any atom is 0.229 e. The van der Waals surface area contributed by atoms with Crippen molar-refractivity contribution < 1.29 is 4.79 Å². The van der Waals surface area contributed by atoms with Gasteiger partial charge in [0.25, 0.3) is 0 Å². The molecule has 29 heavy (non-hydrogen) atoms. The van der Waals surface area contributed by atoms with Gasteiger partial charge in [-0.25, -0.2) is 4.68 Å². The molecule has 1 aromatic heterocycles. The SMILES string of the molecule is Cc1cccc(CN2CCC(n3nccc3NC(=O)Cc3ccccc3)CC2)c1. The van der Waals surface area contributed by atoms with Crippen molar-refractivity contribution >= 4 is 11.7 Å². The van der Waals surface area contributed by atoms with Crippen molar-refractivity contribution in [3.63, 3.8) is 0 Å². The largest absolute Gasteiger partial charge is 0.311 e. The molecule has 0 atom stereocenters. The first-order valence-electron chi connectivity index (χ1n) is 10.3. The van der Waals surface area contributed by atoms with E-state index in [0.29, 0.717) is 12.5 Å². The molecule has 0 aliphatic carbocycles. The minimum atomic E-state index is -0.00478. The summed E-state index contributed by atoms with van der Waals surface area (Å²) in [7, 11) is 0. The molecule has 1 fully saturated rings. The number of aryl methyl sites for hydroxylation is 1. The van der Waals surface area contributed by atoms with Crippen LogP contribution < -0.4 is 5.32 Å². The van der Waals surface area contributed by atoms with Gasteiger partial charge in [-0.05, 0) is 30.9 Å². The quantitative estimate of drug-likeness (QED) is 0.688. The van der Waals surface area contributed by atoms with Crippen LogP contribution in [0.4, 0.5) is 5.82 Å². The molecule has 5 heteroatoms. The molecule has 0 saturated carbocycles. The van der Waals surface area contributed by atoms with E-state index in [9.17, 15) is 4.79 Å². The Morgan fingerprint density at radius 2 is 1.79 bits per heavy atom. The number of benzene rings is 2. The van der Waals surface area contributed by atoms with E-state index in [-0.39, 0.29) is 5.91 Å². The summed E-state index contributed by atoms with van der Waals surface area (Å²) in [5.74, 6) is 0.790. The molecule has 1 N–H and O–H groups in total. The van der Waals surface area contributed by atoms with Gasteiger partial charge in [-0.1, -0.05) is 60.2 Å². The Hall–Kier alpha value is -2.92. The van der Waals surface area contributed by atoms with Gasteiger partial charge in [0.05, 0.1) is 18.7 Å². The van der Waals surface area contributed by atoms with Crippen LogP contribution in [-0.2, 0) is 17.8 Å². The number of hydrogen-bond donors (Lipinski definition) is 1. The summed E-state index contributed by atoms with van der Waals surface area (Å²) in [5, 5.41) is 7.55. The molecule has 0 unspecified atom stereocenters. The third-order valence-electron chi connectivity index (χ3n) is 5.54. The highest BCUT2D eigenvalue weighted by Gasteiger charge is 2.23. The number of carbonyl (C=O) groups excluding carboxylic acids is 1. The molecular weight excluding hydrogens is 360 g/mol. The average molecular weight is 389 g/mol. The molecule has 0 radical (unpaired) electrons. The lowest BCUT2D eigenvalue weighted by Gasteiger charge is -2.32. The molecule has 1 amide bonds. The van der Waals surface area contributed by atoms with Crippen LogP contribution in [0.2, 0.25) is 0 Å². The van der Waals surface area contributed by atoms with Gasteiger partial charge in [0.15, 0.2) is 0 Å². The van der Waals surface area contributed by atoms with Crippen LogP contribution in [0.3, 0.4) is 0 Å². The molecule has 4 rings (SSSR count). The minimum absolute atomic E-state index is 0.00478. The molecule has 2 heterocycles. The first kappa shape index (κ1) is 19.4. The van der Waals surface area contributed by atoms with Crippen LogP contribution in [0.5, 0.6) is 0 Å². The number of hydrogen-bond acceptors (Lipinski definition) is 3. The predicted molar refractivity (Wildman–Crippen MR) is 116 cm³/mol. The highest BCUT2D eigenvalue weighted by molar-refractivity contribution is 5.91. The zero-order valence-electron chi connectivity index (χ0n) is 16.9. The number of carbonyl (C=O) groups is 1. The number of aromatic nitrogens is 2. The minimum Gasteiger partial charge on any atom is -0.311 e. The molecule has 1 aliphatic rings. The van der Waals surface area contributed by atoms with Gasteiger partial charge in [-0.3, -0.25) is 9.69 Å². The van der Waals surface area contributed by atoms with Gasteiger partial charge in [0.1, 0.15) is 5.82 Å². The Balaban J connectivity index is 1.32. The van der Waals surface area contributed by atoms with Gasteiger partial charge in [0.2, 0.25) is 5.91 Å². The van der Waals surface area contributed by atoms with Crippen LogP contribution >= 0.6 is 0 Å². The Morgan fingerprint density at radius 1 is 1.03 bits per heavy atom. The highest BCUT2D eigenvalue weighted by atomic mass is 16.1. The molecule has 5 nitrogen and oxygen atoms in total. The molecule has 0 bridgehead atoms. The number of nitrogens with zero attached hydrogens (tertiary/aromatic N) is 3. The summed E-state index contributed by atoms with van der Waals surface area (Å²) in [5.41, 5.74) is 3.70. The van der Waals surface area contributed by atoms with E-state index >= 15 is 0 Å². The van der Waals surface area contributed by atoms with Crippen LogP contribution in [0.1, 0.15) is 35.6 Å². The average Bonchev–Trinajstić information content (AvgIpc) is 3.17. The lowest BCUT2D eigenvalue weighted by atomic mass is 10.0. The zero-order chi connectivity index (χ0) is 20.1. The van der Waals surface area contributed by atoms with E-state index in [0.717, 1.165) is 43.9 Å². The standard InChI is InChI=1S/C24H28N4O/c1-19-6-5-9-21(16-19)18-27-14-11-22(12-15-27)28-23(10-13-25-28)26-24(29)17-20-7-3-2-4-8-20/h2-10,13,16,22H,11-12,14-15,17-18H2,1H3,(H,26,29). The maximum absolute atomic E-state index is 12.4. The van der Waals surface area contributed by atoms with Crippen molar-refractivity contribution in [1.82, 2.24) is 14.7 Å². The van der Waals surface area contributed by atoms with Gasteiger partial charge in [-0.15, -0.1) is 0 Å². The van der Waals surface area contributed by atoms with Crippen molar-refractivity contribution in [1.29, 1.82) is 0 Å². The van der Waals surface area contributed by atoms with Crippen molar-refractivity contribution in [3.8, 4) is 0 Å². The maximum atomic E-state index is 12.4. The van der Waals surface area contributed by atoms with Gasteiger partial charge in [0, 0.05) is 25.7 Å². The van der Waals surface area contributed by atoms with E-state index in [1.54, 1.807) is 6.20 Å². The summed E-state index contributed by atoms with van der Waals surface area (Å²) in [6, 6.07) is 20.8. The summed E-state index contributed by atoms with van der Waals surface area (Å²) in [6.45, 7) is 5.21. The second kappa shape index (κ2) is 9.05. The number of nitrogens with one attached hydrogen (secondary N) is 1. The van der Waals surface area contributed by atoms with E-state index in [2.05, 4.69) is 46.5 Å². The van der Waals surface area contributed by atoms with Crippen molar-refractivity contribution in [2.24, 2.45) is 0 Å². The molecular formula is C24H28N4O. The Labute approximate surface area is 172 Å². The Bertz CT molecular complexity index is 942. The lowest BCUT2D eigenvalue weighted by molar-refractivity contribution is -0.115. The van der Waals surface area contributed by atoms with Crippen LogP contribution in [0.15, 0.2) is 66.9 Å². The van der Waals surface area contributed by atoms with Gasteiger partial charge < -0.3 is 5.32 Å². The molecule has 3 aromatic rings. The summed E-state index contributed by atoms with van der Waals surface area (Å²) < 4.78 is 1.99. The molecule has 2 aromatic carbocycles. The fourth-order valence-corrected chi connectivity index (χ4v) is 4.06. The predicted octanol–water partition coefficient (Wildman–Crippen LogP) is 4.21. The second-order valence-corrected chi connectivity index (χ2v) is 7.87. The summed E-state index contributed by atoms with van der Waals surface area (Å²) in [6.07, 6.45) is 4.22. The zero-order valence-corrected chi connectivity index (χ0v) is 16.9. The monoisotopic (exact) mass is 388 g/mol. The Kier molecular flexibility index (Phi) is 6.06. The van der Waals surface area contributed by atoms with Crippen molar-refractivity contribution in [2.75, 3.05) is 18.4 Å². The first-order valence-corrected chi connectivity index (χ1v) is 10.3. The van der Waals surface area contributed by atoms with Gasteiger partial charge >= 0.3 is 0 Å². The number of piperidine rings is 1. The normalized spacial score (nSPS) is 15.3. The molecule has 0 spiro atoms. The van der Waals surface area contributed by atoms with E-state index < -0.39 is 0 Å². The summed E-state index contributed by atoms with van der Waals surface area (Å²) in [4.78, 5) is 14.9. The van der Waals surface area contributed by atoms with Crippen molar-refractivity contribution in [2.45, 2.75) is 38.8 Å². The molecule has 1 aliphatic heterocycles. The number of rotatable bonds is 6. The fourth-order valence-electron chi connectivity index (χ4n) is 4.06. The van der Waals surface area contributed by atoms with Crippen LogP contribution in [0, 0.1) is 6.92 Å². The third kappa shape index (κ3) is 5.12. The van der Waals surface area contributed by atoms with Crippen LogP contribution in [-0.4, -0.2) is 33.7 Å². The Morgan fingerprint density at radius 3 is 2.55 bits per heavy atom. The lowest BCUT2D eigenvalue weighted by Crippen LogP contribution is -2.35. The van der Waals surface area contributed by atoms with Gasteiger partial charge in [-0.2, -0.15) is 5.10 Å². The number of anilines is 1. The molecule has 150 valence electrons. The summed E-state index contributed by atoms with van der Waals surface area (Å²) >= 11 is 0. The molecule has 1 saturated heterocycles. The van der Waals surface area contributed by atoms with E-state index in [4.69, 9.17) is 0 Å². The van der Waals surface area contributed by atoms with Crippen molar-refractivity contribution in [3.05, 3.63) is 83.6 Å². The topological polar surface area (TPSA) is 50.2 Å². The van der Waals surface area contributed by atoms with E-state index in [1.807, 2.05) is 41.1 Å². The van der Waals surface area contributed by atoms with E-state index in [1.165, 1.54) is 11.1 Å². The highest BCUT2D eigenvalue weighted by Crippen LogP contribution is 2.26. The first-order chi connectivity index (χ1) is 14.2. The van der Waals surface area contributed by atoms with Crippen LogP contribution in [0.25, 0.3) is 0 Å². The number of amides is 1. The third-order valence-corrected chi connectivity index (χ3v) is 5.54. The fraction of sp³-hybridized carbons (Fsp3) is 0.333. The second-order valence-electron chi connectivity index (χ2n) is 7.87.